The van der Waals surface area contributed by atoms with Gasteiger partial charge in [-0.15, -0.1) is 12.4 Å². The predicted octanol–water partition coefficient (Wildman–Crippen LogP) is 4.07. The van der Waals surface area contributed by atoms with Gasteiger partial charge in [0.25, 0.3) is 0 Å². The zero-order chi connectivity index (χ0) is 13.1. The molecule has 0 bridgehead atoms. The first kappa shape index (κ1) is 17.0. The first-order valence-corrected chi connectivity index (χ1v) is 5.60. The molecule has 0 fully saturated rings. The quantitative estimate of drug-likeness (QED) is 0.672. The van der Waals surface area contributed by atoms with Gasteiger partial charge < -0.3 is 9.47 Å². The van der Waals surface area contributed by atoms with Gasteiger partial charge in [-0.1, -0.05) is 11.6 Å². The molecule has 0 aliphatic heterocycles. The van der Waals surface area contributed by atoms with E-state index in [1.807, 2.05) is 0 Å². The average molecular weight is 296 g/mol. The maximum Gasteiger partial charge on any atom is 0.225 e. The maximum absolute atomic E-state index is 13.5. The molecular formula is C12H16Cl2FNO2. The van der Waals surface area contributed by atoms with Crippen LogP contribution in [0.25, 0.3) is 0 Å². The summed E-state index contributed by atoms with van der Waals surface area (Å²) in [7, 11) is 0. The highest BCUT2D eigenvalue weighted by molar-refractivity contribution is 6.30. The average Bonchev–Trinajstić information content (AvgIpc) is 2.22. The van der Waals surface area contributed by atoms with Crippen LogP contribution in [0.4, 0.5) is 4.39 Å². The predicted molar refractivity (Wildman–Crippen MR) is 72.7 cm³/mol. The number of halogens is 3. The Morgan fingerprint density at radius 1 is 1.44 bits per heavy atom. The van der Waals surface area contributed by atoms with Crippen LogP contribution in [0.15, 0.2) is 18.2 Å². The third-order valence-corrected chi connectivity index (χ3v) is 2.33. The highest BCUT2D eigenvalue weighted by atomic mass is 35.5. The number of benzene rings is 1. The number of nitrogens with one attached hydrogen (secondary N) is 1. The molecule has 1 rings (SSSR count). The first-order valence-electron chi connectivity index (χ1n) is 5.22. The van der Waals surface area contributed by atoms with Crippen molar-refractivity contribution in [3.05, 3.63) is 29.0 Å². The number of ether oxygens (including phenoxy) is 2. The van der Waals surface area contributed by atoms with Crippen molar-refractivity contribution in [2.24, 2.45) is 0 Å². The van der Waals surface area contributed by atoms with Gasteiger partial charge in [-0.3, -0.25) is 5.41 Å². The topological polar surface area (TPSA) is 42.3 Å². The van der Waals surface area contributed by atoms with Crippen molar-refractivity contribution in [1.82, 2.24) is 0 Å². The summed E-state index contributed by atoms with van der Waals surface area (Å²) >= 11 is 5.64. The lowest BCUT2D eigenvalue weighted by atomic mass is 10.1. The molecule has 0 unspecified atom stereocenters. The van der Waals surface area contributed by atoms with E-state index in [1.54, 1.807) is 20.8 Å². The molecule has 1 aromatic rings. The van der Waals surface area contributed by atoms with Crippen LogP contribution in [-0.4, -0.2) is 18.1 Å². The minimum absolute atomic E-state index is 0. The number of rotatable bonds is 4. The van der Waals surface area contributed by atoms with Crippen molar-refractivity contribution in [2.45, 2.75) is 26.4 Å². The Morgan fingerprint density at radius 3 is 2.56 bits per heavy atom. The van der Waals surface area contributed by atoms with E-state index in [2.05, 4.69) is 0 Å². The zero-order valence-electron chi connectivity index (χ0n) is 10.4. The standard InChI is InChI=1S/C12H15ClFNO2.ClH/c1-4-16-11(15)12(2,3)17-10-6-5-8(13)7-9(10)14;/h5-7,15H,4H2,1-3H3;1H. The minimum Gasteiger partial charge on any atom is -0.479 e. The van der Waals surface area contributed by atoms with E-state index in [0.717, 1.165) is 6.07 Å². The van der Waals surface area contributed by atoms with Crippen LogP contribution in [0.5, 0.6) is 5.75 Å². The minimum atomic E-state index is -1.02. The Morgan fingerprint density at radius 2 is 2.06 bits per heavy atom. The van der Waals surface area contributed by atoms with E-state index in [0.29, 0.717) is 11.6 Å². The lowest BCUT2D eigenvalue weighted by Crippen LogP contribution is -2.39. The van der Waals surface area contributed by atoms with Crippen molar-refractivity contribution in [2.75, 3.05) is 6.61 Å². The van der Waals surface area contributed by atoms with E-state index >= 15 is 0 Å². The third kappa shape index (κ3) is 4.35. The van der Waals surface area contributed by atoms with Crippen molar-refractivity contribution in [3.63, 3.8) is 0 Å². The van der Waals surface area contributed by atoms with Crippen LogP contribution in [-0.2, 0) is 4.74 Å². The van der Waals surface area contributed by atoms with Crippen molar-refractivity contribution in [1.29, 1.82) is 5.41 Å². The third-order valence-electron chi connectivity index (χ3n) is 2.09. The van der Waals surface area contributed by atoms with Crippen LogP contribution < -0.4 is 4.74 Å². The summed E-state index contributed by atoms with van der Waals surface area (Å²) in [5, 5.41) is 7.96. The largest absolute Gasteiger partial charge is 0.479 e. The van der Waals surface area contributed by atoms with E-state index in [-0.39, 0.29) is 24.1 Å². The summed E-state index contributed by atoms with van der Waals surface area (Å²) < 4.78 is 24.0. The molecule has 0 aliphatic carbocycles. The van der Waals surface area contributed by atoms with Crippen molar-refractivity contribution < 1.29 is 13.9 Å². The molecular weight excluding hydrogens is 280 g/mol. The molecule has 1 aromatic carbocycles. The Hall–Kier alpha value is -1.000. The smallest absolute Gasteiger partial charge is 0.225 e. The van der Waals surface area contributed by atoms with Crippen LogP contribution in [0.2, 0.25) is 5.02 Å². The van der Waals surface area contributed by atoms with Gasteiger partial charge >= 0.3 is 0 Å². The number of hydrogen-bond acceptors (Lipinski definition) is 3. The molecule has 3 nitrogen and oxygen atoms in total. The Labute approximate surface area is 117 Å². The normalized spacial score (nSPS) is 10.5. The molecule has 0 aliphatic rings. The van der Waals surface area contributed by atoms with E-state index in [1.165, 1.54) is 12.1 Å². The second kappa shape index (κ2) is 6.81. The monoisotopic (exact) mass is 295 g/mol. The van der Waals surface area contributed by atoms with Crippen molar-refractivity contribution >= 4 is 29.9 Å². The summed E-state index contributed by atoms with van der Waals surface area (Å²) in [4.78, 5) is 0. The number of hydrogen-bond donors (Lipinski definition) is 1. The zero-order valence-corrected chi connectivity index (χ0v) is 12.0. The van der Waals surface area contributed by atoms with Gasteiger partial charge in [-0.25, -0.2) is 4.39 Å². The fourth-order valence-electron chi connectivity index (χ4n) is 1.20. The summed E-state index contributed by atoms with van der Waals surface area (Å²) in [6.07, 6.45) is 0. The van der Waals surface area contributed by atoms with Gasteiger partial charge in [-0.2, -0.15) is 0 Å². The van der Waals surface area contributed by atoms with Crippen LogP contribution >= 0.6 is 24.0 Å². The summed E-state index contributed by atoms with van der Waals surface area (Å²) in [5.74, 6) is -0.562. The molecule has 0 aromatic heterocycles. The second-order valence-electron chi connectivity index (χ2n) is 3.95. The Kier molecular flexibility index (Phi) is 6.43. The molecule has 0 saturated carbocycles. The van der Waals surface area contributed by atoms with E-state index in [9.17, 15) is 4.39 Å². The molecule has 0 radical (unpaired) electrons. The molecule has 0 atom stereocenters. The van der Waals surface area contributed by atoms with Crippen LogP contribution in [0, 0.1) is 11.2 Å². The first-order chi connectivity index (χ1) is 7.86. The summed E-state index contributed by atoms with van der Waals surface area (Å²) in [6, 6.07) is 4.12. The summed E-state index contributed by atoms with van der Waals surface area (Å²) in [5.41, 5.74) is -1.02. The Bertz CT molecular complexity index is 425. The molecule has 0 heterocycles. The fourth-order valence-corrected chi connectivity index (χ4v) is 1.36. The molecule has 0 spiro atoms. The van der Waals surface area contributed by atoms with Crippen molar-refractivity contribution in [3.8, 4) is 5.75 Å². The van der Waals surface area contributed by atoms with E-state index in [4.69, 9.17) is 26.5 Å². The molecule has 102 valence electrons. The van der Waals surface area contributed by atoms with Gasteiger partial charge in [0.2, 0.25) is 5.90 Å². The van der Waals surface area contributed by atoms with Gasteiger partial charge in [0, 0.05) is 5.02 Å². The van der Waals surface area contributed by atoms with E-state index < -0.39 is 11.4 Å². The second-order valence-corrected chi connectivity index (χ2v) is 4.39. The summed E-state index contributed by atoms with van der Waals surface area (Å²) in [6.45, 7) is 5.42. The van der Waals surface area contributed by atoms with Crippen LogP contribution in [0.1, 0.15) is 20.8 Å². The van der Waals surface area contributed by atoms with Gasteiger partial charge in [0.05, 0.1) is 6.61 Å². The Balaban J connectivity index is 0.00000289. The molecule has 18 heavy (non-hydrogen) atoms. The van der Waals surface area contributed by atoms with Gasteiger partial charge in [-0.05, 0) is 39.0 Å². The molecule has 1 N–H and O–H groups in total. The van der Waals surface area contributed by atoms with Gasteiger partial charge in [0.15, 0.2) is 17.2 Å². The molecule has 0 amide bonds. The highest BCUT2D eigenvalue weighted by Gasteiger charge is 2.28. The highest BCUT2D eigenvalue weighted by Crippen LogP contribution is 2.25. The van der Waals surface area contributed by atoms with Crippen LogP contribution in [0.3, 0.4) is 0 Å². The van der Waals surface area contributed by atoms with Gasteiger partial charge in [0.1, 0.15) is 0 Å². The molecule has 6 heteroatoms. The molecule has 0 saturated heterocycles. The SMILES string of the molecule is CCOC(=N)C(C)(C)Oc1ccc(Cl)cc1F.Cl. The maximum atomic E-state index is 13.5. The lowest BCUT2D eigenvalue weighted by molar-refractivity contribution is 0.132. The fraction of sp³-hybridized carbons (Fsp3) is 0.417. The lowest BCUT2D eigenvalue weighted by Gasteiger charge is -2.26.